The zero-order valence-electron chi connectivity index (χ0n) is 18.2. The van der Waals surface area contributed by atoms with Crippen molar-refractivity contribution in [1.29, 1.82) is 0 Å². The first-order chi connectivity index (χ1) is 13.5. The molecule has 1 atom stereocenters. The number of amides is 1. The fraction of sp³-hybridized carbons (Fsp3) is 0.900. The summed E-state index contributed by atoms with van der Waals surface area (Å²) >= 11 is 0. The Balaban J connectivity index is 0.00000784. The SMILES string of the molecule is CCCCCCCCCCN=C(NCC)NCCC(=O)NC1CCS(=O)(=O)C1.I. The highest BCUT2D eigenvalue weighted by Crippen LogP contribution is 2.11. The molecule has 1 unspecified atom stereocenters. The molecule has 0 aromatic carbocycles. The molecule has 1 saturated heterocycles. The van der Waals surface area contributed by atoms with Gasteiger partial charge in [0.15, 0.2) is 15.8 Å². The second-order valence-electron chi connectivity index (χ2n) is 7.58. The van der Waals surface area contributed by atoms with Crippen LogP contribution in [0.15, 0.2) is 4.99 Å². The van der Waals surface area contributed by atoms with E-state index in [1.807, 2.05) is 6.92 Å². The predicted octanol–water partition coefficient (Wildman–Crippen LogP) is 2.99. The standard InChI is InChI=1S/C20H40N4O3S.HI/c1-3-5-6-7-8-9-10-11-14-22-20(21-4-2)23-15-12-19(25)24-18-13-16-28(26,27)17-18;/h18H,3-17H2,1-2H3,(H,24,25)(H2,21,22,23);1H. The summed E-state index contributed by atoms with van der Waals surface area (Å²) < 4.78 is 22.9. The highest BCUT2D eigenvalue weighted by molar-refractivity contribution is 14.0. The number of unbranched alkanes of at least 4 members (excludes halogenated alkanes) is 7. The summed E-state index contributed by atoms with van der Waals surface area (Å²) in [6.45, 7) is 6.30. The average molecular weight is 545 g/mol. The van der Waals surface area contributed by atoms with Crippen molar-refractivity contribution in [2.75, 3.05) is 31.1 Å². The van der Waals surface area contributed by atoms with Crippen LogP contribution in [0.25, 0.3) is 0 Å². The lowest BCUT2D eigenvalue weighted by molar-refractivity contribution is -0.121. The van der Waals surface area contributed by atoms with Crippen molar-refractivity contribution < 1.29 is 13.2 Å². The summed E-state index contributed by atoms with van der Waals surface area (Å²) in [5.41, 5.74) is 0. The predicted molar refractivity (Wildman–Crippen MR) is 132 cm³/mol. The van der Waals surface area contributed by atoms with Crippen molar-refractivity contribution >= 4 is 45.7 Å². The van der Waals surface area contributed by atoms with Crippen LogP contribution < -0.4 is 16.0 Å². The maximum absolute atomic E-state index is 12.0. The highest BCUT2D eigenvalue weighted by atomic mass is 127. The minimum atomic E-state index is -2.97. The molecule has 0 aliphatic carbocycles. The van der Waals surface area contributed by atoms with Crippen molar-refractivity contribution in [3.8, 4) is 0 Å². The van der Waals surface area contributed by atoms with E-state index in [4.69, 9.17) is 0 Å². The number of rotatable bonds is 14. The second-order valence-corrected chi connectivity index (χ2v) is 9.81. The van der Waals surface area contributed by atoms with Crippen LogP contribution in [0, 0.1) is 0 Å². The van der Waals surface area contributed by atoms with E-state index in [9.17, 15) is 13.2 Å². The minimum absolute atomic E-state index is 0. The summed E-state index contributed by atoms with van der Waals surface area (Å²) in [6, 6.07) is -0.235. The molecular weight excluding hydrogens is 503 g/mol. The van der Waals surface area contributed by atoms with Gasteiger partial charge in [-0.15, -0.1) is 24.0 Å². The number of hydrogen-bond donors (Lipinski definition) is 3. The molecule has 172 valence electrons. The molecule has 0 aromatic heterocycles. The van der Waals surface area contributed by atoms with E-state index in [0.717, 1.165) is 25.5 Å². The minimum Gasteiger partial charge on any atom is -0.357 e. The van der Waals surface area contributed by atoms with Gasteiger partial charge < -0.3 is 16.0 Å². The van der Waals surface area contributed by atoms with Crippen LogP contribution in [0.2, 0.25) is 0 Å². The molecule has 3 N–H and O–H groups in total. The van der Waals surface area contributed by atoms with Crippen LogP contribution in [0.4, 0.5) is 0 Å². The van der Waals surface area contributed by atoms with Gasteiger partial charge in [-0.1, -0.05) is 51.9 Å². The van der Waals surface area contributed by atoms with Crippen LogP contribution in [0.1, 0.15) is 78.1 Å². The Hall–Kier alpha value is -0.580. The number of sulfone groups is 1. The third-order valence-electron chi connectivity index (χ3n) is 4.87. The highest BCUT2D eigenvalue weighted by Gasteiger charge is 2.28. The molecule has 9 heteroatoms. The van der Waals surface area contributed by atoms with Crippen LogP contribution in [0.3, 0.4) is 0 Å². The van der Waals surface area contributed by atoms with Gasteiger partial charge in [0.05, 0.1) is 11.5 Å². The molecule has 1 fully saturated rings. The molecule has 0 aromatic rings. The van der Waals surface area contributed by atoms with Gasteiger partial charge in [0.1, 0.15) is 0 Å². The average Bonchev–Trinajstić information content (AvgIpc) is 2.98. The van der Waals surface area contributed by atoms with Gasteiger partial charge in [0, 0.05) is 32.1 Å². The molecule has 1 heterocycles. The number of carbonyl (C=O) groups is 1. The number of nitrogens with one attached hydrogen (secondary N) is 3. The van der Waals surface area contributed by atoms with Crippen LogP contribution in [0.5, 0.6) is 0 Å². The third-order valence-corrected chi connectivity index (χ3v) is 6.64. The Morgan fingerprint density at radius 2 is 1.66 bits per heavy atom. The lowest BCUT2D eigenvalue weighted by Gasteiger charge is -2.13. The maximum Gasteiger partial charge on any atom is 0.222 e. The Morgan fingerprint density at radius 1 is 1.00 bits per heavy atom. The summed E-state index contributed by atoms with van der Waals surface area (Å²) in [4.78, 5) is 16.5. The topological polar surface area (TPSA) is 99.7 Å². The van der Waals surface area contributed by atoms with E-state index < -0.39 is 9.84 Å². The number of guanidine groups is 1. The van der Waals surface area contributed by atoms with Crippen LogP contribution >= 0.6 is 24.0 Å². The van der Waals surface area contributed by atoms with E-state index >= 15 is 0 Å². The summed E-state index contributed by atoms with van der Waals surface area (Å²) in [5, 5.41) is 9.18. The van der Waals surface area contributed by atoms with E-state index in [-0.39, 0.29) is 47.4 Å². The van der Waals surface area contributed by atoms with E-state index in [0.29, 0.717) is 19.4 Å². The van der Waals surface area contributed by atoms with Crippen molar-refractivity contribution in [1.82, 2.24) is 16.0 Å². The van der Waals surface area contributed by atoms with Crippen molar-refractivity contribution in [2.24, 2.45) is 4.99 Å². The molecule has 0 spiro atoms. The quantitative estimate of drug-likeness (QED) is 0.135. The fourth-order valence-electron chi connectivity index (χ4n) is 3.28. The molecular formula is C20H41IN4O3S. The van der Waals surface area contributed by atoms with Crippen molar-refractivity contribution in [2.45, 2.75) is 84.1 Å². The number of nitrogens with zero attached hydrogens (tertiary/aromatic N) is 1. The molecule has 1 rings (SSSR count). The Bertz CT molecular complexity index is 570. The largest absolute Gasteiger partial charge is 0.357 e. The zero-order valence-corrected chi connectivity index (χ0v) is 21.3. The lowest BCUT2D eigenvalue weighted by atomic mass is 10.1. The van der Waals surface area contributed by atoms with Crippen molar-refractivity contribution in [3.05, 3.63) is 0 Å². The van der Waals surface area contributed by atoms with Crippen LogP contribution in [-0.4, -0.2) is 57.5 Å². The lowest BCUT2D eigenvalue weighted by Crippen LogP contribution is -2.41. The molecule has 29 heavy (non-hydrogen) atoms. The smallest absolute Gasteiger partial charge is 0.222 e. The van der Waals surface area contributed by atoms with Gasteiger partial charge in [0.25, 0.3) is 0 Å². The Morgan fingerprint density at radius 3 is 2.24 bits per heavy atom. The van der Waals surface area contributed by atoms with Gasteiger partial charge in [-0.3, -0.25) is 9.79 Å². The van der Waals surface area contributed by atoms with Gasteiger partial charge in [-0.25, -0.2) is 8.42 Å². The summed E-state index contributed by atoms with van der Waals surface area (Å²) in [6.07, 6.45) is 11.0. The summed E-state index contributed by atoms with van der Waals surface area (Å²) in [7, 11) is -2.97. The zero-order chi connectivity index (χ0) is 20.7. The van der Waals surface area contributed by atoms with Gasteiger partial charge in [-0.05, 0) is 19.8 Å². The monoisotopic (exact) mass is 544 g/mol. The van der Waals surface area contributed by atoms with Crippen molar-refractivity contribution in [3.63, 3.8) is 0 Å². The van der Waals surface area contributed by atoms with Crippen LogP contribution in [-0.2, 0) is 14.6 Å². The number of carbonyl (C=O) groups excluding carboxylic acids is 1. The Kier molecular flexibility index (Phi) is 16.8. The summed E-state index contributed by atoms with van der Waals surface area (Å²) in [5.74, 6) is 0.858. The third kappa shape index (κ3) is 15.0. The first-order valence-corrected chi connectivity index (χ1v) is 12.8. The first-order valence-electron chi connectivity index (χ1n) is 11.0. The normalized spacial score (nSPS) is 18.1. The first kappa shape index (κ1) is 28.4. The van der Waals surface area contributed by atoms with Gasteiger partial charge >= 0.3 is 0 Å². The molecule has 1 aliphatic rings. The maximum atomic E-state index is 12.0. The number of aliphatic imine (C=N–C) groups is 1. The number of hydrogen-bond acceptors (Lipinski definition) is 4. The molecule has 0 bridgehead atoms. The molecule has 7 nitrogen and oxygen atoms in total. The Labute approximate surface area is 194 Å². The molecule has 0 saturated carbocycles. The van der Waals surface area contributed by atoms with E-state index in [1.54, 1.807) is 0 Å². The van der Waals surface area contributed by atoms with Gasteiger partial charge in [-0.2, -0.15) is 0 Å². The second kappa shape index (κ2) is 17.1. The molecule has 0 radical (unpaired) electrons. The molecule has 1 aliphatic heterocycles. The van der Waals surface area contributed by atoms with E-state index in [1.165, 1.54) is 44.9 Å². The molecule has 1 amide bonds. The number of halogens is 1. The fourth-order valence-corrected chi connectivity index (χ4v) is 4.95. The van der Waals surface area contributed by atoms with Gasteiger partial charge in [0.2, 0.25) is 5.91 Å². The van der Waals surface area contributed by atoms with E-state index in [2.05, 4.69) is 27.9 Å².